The summed E-state index contributed by atoms with van der Waals surface area (Å²) in [6.07, 6.45) is 1.42. The Labute approximate surface area is 112 Å². The van der Waals surface area contributed by atoms with Crippen LogP contribution in [0.25, 0.3) is 0 Å². The molecule has 102 valence electrons. The van der Waals surface area contributed by atoms with E-state index in [1.165, 1.54) is 12.3 Å². The molecule has 2 rings (SSSR count). The number of aromatic nitrogens is 2. The van der Waals surface area contributed by atoms with Gasteiger partial charge in [0.15, 0.2) is 0 Å². The van der Waals surface area contributed by atoms with Gasteiger partial charge < -0.3 is 10.7 Å². The summed E-state index contributed by atoms with van der Waals surface area (Å²) in [7, 11) is -3.54. The van der Waals surface area contributed by atoms with Crippen LogP contribution in [0.4, 0.5) is 0 Å². The third-order valence-electron chi connectivity index (χ3n) is 2.64. The van der Waals surface area contributed by atoms with E-state index in [0.29, 0.717) is 11.4 Å². The van der Waals surface area contributed by atoms with Crippen molar-refractivity contribution in [3.63, 3.8) is 0 Å². The second kappa shape index (κ2) is 5.52. The number of hydrogen-bond acceptors (Lipinski definition) is 4. The Morgan fingerprint density at radius 2 is 2.21 bits per heavy atom. The Morgan fingerprint density at radius 1 is 1.42 bits per heavy atom. The molecule has 0 saturated heterocycles. The predicted molar refractivity (Wildman–Crippen MR) is 71.7 cm³/mol. The van der Waals surface area contributed by atoms with Gasteiger partial charge in [-0.3, -0.25) is 4.98 Å². The number of H-pyrrole nitrogens is 1. The lowest BCUT2D eigenvalue weighted by Gasteiger charge is -2.05. The predicted octanol–water partition coefficient (Wildman–Crippen LogP) is 0.655. The van der Waals surface area contributed by atoms with Gasteiger partial charge in [-0.15, -0.1) is 0 Å². The minimum absolute atomic E-state index is 0.160. The number of nitrogens with two attached hydrogens (primary N) is 1. The topological polar surface area (TPSA) is 101 Å². The number of pyridine rings is 1. The monoisotopic (exact) mass is 280 g/mol. The number of sulfonamides is 1. The highest BCUT2D eigenvalue weighted by Gasteiger charge is 2.15. The molecule has 2 aromatic heterocycles. The molecule has 0 amide bonds. The fraction of sp³-hybridized carbons (Fsp3) is 0.250. The zero-order valence-corrected chi connectivity index (χ0v) is 11.4. The number of nitrogens with one attached hydrogen (secondary N) is 2. The summed E-state index contributed by atoms with van der Waals surface area (Å²) in [5.41, 5.74) is 7.64. The fourth-order valence-corrected chi connectivity index (χ4v) is 2.66. The van der Waals surface area contributed by atoms with Crippen molar-refractivity contribution >= 4 is 10.0 Å². The molecule has 0 bridgehead atoms. The first-order valence-electron chi connectivity index (χ1n) is 5.81. The first-order valence-corrected chi connectivity index (χ1v) is 7.29. The second-order valence-corrected chi connectivity index (χ2v) is 5.93. The number of hydrogen-bond donors (Lipinski definition) is 3. The number of nitrogens with zero attached hydrogens (tertiary/aromatic N) is 1. The summed E-state index contributed by atoms with van der Waals surface area (Å²) in [5.74, 6) is 0. The summed E-state index contributed by atoms with van der Waals surface area (Å²) >= 11 is 0. The highest BCUT2D eigenvalue weighted by atomic mass is 32.2. The molecule has 2 heterocycles. The average Bonchev–Trinajstić information content (AvgIpc) is 2.86. The smallest absolute Gasteiger partial charge is 0.242 e. The van der Waals surface area contributed by atoms with E-state index in [1.807, 2.05) is 19.1 Å². The average molecular weight is 280 g/mol. The van der Waals surface area contributed by atoms with E-state index < -0.39 is 10.0 Å². The lowest BCUT2D eigenvalue weighted by Crippen LogP contribution is -2.23. The van der Waals surface area contributed by atoms with E-state index in [0.717, 1.165) is 5.69 Å². The Balaban J connectivity index is 2.09. The van der Waals surface area contributed by atoms with Crippen molar-refractivity contribution in [1.82, 2.24) is 14.7 Å². The molecule has 0 aliphatic rings. The highest BCUT2D eigenvalue weighted by molar-refractivity contribution is 7.89. The Hall–Kier alpha value is -1.70. The van der Waals surface area contributed by atoms with Gasteiger partial charge in [0.05, 0.1) is 17.1 Å². The maximum atomic E-state index is 12.0. The molecule has 0 radical (unpaired) electrons. The minimum Gasteiger partial charge on any atom is -0.363 e. The van der Waals surface area contributed by atoms with E-state index in [4.69, 9.17) is 5.73 Å². The maximum absolute atomic E-state index is 12.0. The van der Waals surface area contributed by atoms with Gasteiger partial charge in [-0.25, -0.2) is 13.1 Å². The van der Waals surface area contributed by atoms with Crippen molar-refractivity contribution in [1.29, 1.82) is 0 Å². The highest BCUT2D eigenvalue weighted by Crippen LogP contribution is 2.10. The summed E-state index contributed by atoms with van der Waals surface area (Å²) in [4.78, 5) is 7.23. The number of aryl methyl sites for hydroxylation is 1. The number of aromatic amines is 1. The first kappa shape index (κ1) is 13.7. The zero-order valence-electron chi connectivity index (χ0n) is 10.6. The van der Waals surface area contributed by atoms with Crippen LogP contribution in [0.3, 0.4) is 0 Å². The van der Waals surface area contributed by atoms with Crippen LogP contribution >= 0.6 is 0 Å². The van der Waals surface area contributed by atoms with Gasteiger partial charge in [-0.1, -0.05) is 6.07 Å². The van der Waals surface area contributed by atoms with Crippen LogP contribution in [-0.4, -0.2) is 18.4 Å². The second-order valence-electron chi connectivity index (χ2n) is 4.16. The lowest BCUT2D eigenvalue weighted by molar-refractivity contribution is 0.580. The molecule has 0 fully saturated rings. The van der Waals surface area contributed by atoms with Gasteiger partial charge in [0.2, 0.25) is 10.0 Å². The van der Waals surface area contributed by atoms with Gasteiger partial charge in [0, 0.05) is 24.1 Å². The van der Waals surface area contributed by atoms with Crippen LogP contribution in [0.2, 0.25) is 0 Å². The van der Waals surface area contributed by atoms with E-state index in [-0.39, 0.29) is 18.0 Å². The molecule has 0 aliphatic carbocycles. The third-order valence-corrected chi connectivity index (χ3v) is 4.02. The summed E-state index contributed by atoms with van der Waals surface area (Å²) in [6, 6.07) is 7.00. The molecular weight excluding hydrogens is 264 g/mol. The summed E-state index contributed by atoms with van der Waals surface area (Å²) in [5, 5.41) is 0. The van der Waals surface area contributed by atoms with E-state index in [9.17, 15) is 8.42 Å². The van der Waals surface area contributed by atoms with Crippen LogP contribution in [0.5, 0.6) is 0 Å². The third kappa shape index (κ3) is 3.40. The minimum atomic E-state index is -3.54. The molecule has 6 nitrogen and oxygen atoms in total. The van der Waals surface area contributed by atoms with Crippen molar-refractivity contribution in [3.8, 4) is 0 Å². The fourth-order valence-electron chi connectivity index (χ4n) is 1.64. The molecule has 7 heteroatoms. The molecular formula is C12H16N4O2S. The molecule has 0 unspecified atom stereocenters. The van der Waals surface area contributed by atoms with Crippen LogP contribution in [0, 0.1) is 6.92 Å². The van der Waals surface area contributed by atoms with Crippen LogP contribution in [-0.2, 0) is 23.1 Å². The van der Waals surface area contributed by atoms with E-state index >= 15 is 0 Å². The van der Waals surface area contributed by atoms with Gasteiger partial charge in [0.1, 0.15) is 0 Å². The molecule has 0 aromatic carbocycles. The van der Waals surface area contributed by atoms with Gasteiger partial charge in [-0.05, 0) is 25.1 Å². The van der Waals surface area contributed by atoms with Gasteiger partial charge in [0.25, 0.3) is 0 Å². The van der Waals surface area contributed by atoms with Crippen molar-refractivity contribution in [3.05, 3.63) is 47.5 Å². The number of rotatable bonds is 5. The largest absolute Gasteiger partial charge is 0.363 e. The molecule has 0 saturated carbocycles. The SMILES string of the molecule is Cc1cccc(CNS(=O)(=O)c2c[nH]c(CN)c2)n1. The molecule has 0 spiro atoms. The zero-order chi connectivity index (χ0) is 13.9. The standard InChI is InChI=1S/C12H16N4O2S/c1-9-3-2-4-10(16-9)7-15-19(17,18)12-5-11(6-13)14-8-12/h2-5,8,14-15H,6-7,13H2,1H3. The summed E-state index contributed by atoms with van der Waals surface area (Å²) in [6.45, 7) is 2.29. The van der Waals surface area contributed by atoms with Crippen molar-refractivity contribution < 1.29 is 8.42 Å². The lowest BCUT2D eigenvalue weighted by atomic mass is 10.3. The van der Waals surface area contributed by atoms with Crippen molar-refractivity contribution in [2.75, 3.05) is 0 Å². The van der Waals surface area contributed by atoms with Gasteiger partial charge >= 0.3 is 0 Å². The van der Waals surface area contributed by atoms with E-state index in [1.54, 1.807) is 6.07 Å². The molecule has 19 heavy (non-hydrogen) atoms. The van der Waals surface area contributed by atoms with Crippen LogP contribution in [0.1, 0.15) is 17.1 Å². The molecule has 0 atom stereocenters. The Kier molecular flexibility index (Phi) is 3.98. The van der Waals surface area contributed by atoms with Crippen molar-refractivity contribution in [2.24, 2.45) is 5.73 Å². The normalized spacial score (nSPS) is 11.7. The van der Waals surface area contributed by atoms with Crippen molar-refractivity contribution in [2.45, 2.75) is 24.9 Å². The Bertz CT molecular complexity index is 664. The van der Waals surface area contributed by atoms with E-state index in [2.05, 4.69) is 14.7 Å². The van der Waals surface area contributed by atoms with Crippen LogP contribution in [0.15, 0.2) is 35.4 Å². The molecule has 0 aliphatic heterocycles. The first-order chi connectivity index (χ1) is 9.01. The maximum Gasteiger partial charge on any atom is 0.242 e. The Morgan fingerprint density at radius 3 is 2.84 bits per heavy atom. The van der Waals surface area contributed by atoms with Crippen LogP contribution < -0.4 is 10.5 Å². The summed E-state index contributed by atoms with van der Waals surface area (Å²) < 4.78 is 26.5. The molecule has 4 N–H and O–H groups in total. The molecule has 2 aromatic rings. The quantitative estimate of drug-likeness (QED) is 0.748. The van der Waals surface area contributed by atoms with Gasteiger partial charge in [-0.2, -0.15) is 0 Å².